The number of amides is 1. The van der Waals surface area contributed by atoms with Gasteiger partial charge in [-0.3, -0.25) is 4.79 Å². The van der Waals surface area contributed by atoms with E-state index in [9.17, 15) is 4.79 Å². The zero-order valence-electron chi connectivity index (χ0n) is 13.2. The first-order chi connectivity index (χ1) is 9.88. The Bertz CT molecular complexity index is 487. The molecule has 1 saturated heterocycles. The van der Waals surface area contributed by atoms with Crippen LogP contribution in [0.25, 0.3) is 0 Å². The van der Waals surface area contributed by atoms with Gasteiger partial charge < -0.3 is 21.3 Å². The van der Waals surface area contributed by atoms with Gasteiger partial charge in [-0.2, -0.15) is 0 Å². The molecule has 0 radical (unpaired) electrons. The number of benzene rings is 1. The molecule has 1 aromatic rings. The predicted molar refractivity (Wildman–Crippen MR) is 87.1 cm³/mol. The van der Waals surface area contributed by atoms with Crippen LogP contribution in [0, 0.1) is 0 Å². The van der Waals surface area contributed by atoms with E-state index in [1.165, 1.54) is 0 Å². The van der Waals surface area contributed by atoms with Crippen LogP contribution in [0.2, 0.25) is 0 Å². The van der Waals surface area contributed by atoms with Gasteiger partial charge in [0.1, 0.15) is 0 Å². The van der Waals surface area contributed by atoms with E-state index in [1.54, 1.807) is 18.2 Å². The van der Waals surface area contributed by atoms with E-state index in [0.29, 0.717) is 23.0 Å². The van der Waals surface area contributed by atoms with Crippen LogP contribution in [-0.4, -0.2) is 47.9 Å². The topological polar surface area (TPSA) is 75.6 Å². The summed E-state index contributed by atoms with van der Waals surface area (Å²) in [6, 6.07) is 5.91. The molecule has 21 heavy (non-hydrogen) atoms. The fourth-order valence-corrected chi connectivity index (χ4v) is 2.96. The minimum absolute atomic E-state index is 0.00278. The molecule has 0 spiro atoms. The van der Waals surface area contributed by atoms with Crippen LogP contribution in [0.4, 0.5) is 11.4 Å². The molecule has 0 unspecified atom stereocenters. The molecule has 1 aliphatic rings. The quantitative estimate of drug-likeness (QED) is 0.832. The molecule has 0 bridgehead atoms. The summed E-state index contributed by atoms with van der Waals surface area (Å²) in [6.45, 7) is 6.51. The smallest absolute Gasteiger partial charge is 0.253 e. The van der Waals surface area contributed by atoms with Crippen LogP contribution in [0.3, 0.4) is 0 Å². The number of nitrogen functional groups attached to an aromatic ring is 2. The van der Waals surface area contributed by atoms with Gasteiger partial charge >= 0.3 is 0 Å². The second kappa shape index (κ2) is 6.35. The fourth-order valence-electron chi connectivity index (χ4n) is 2.96. The van der Waals surface area contributed by atoms with Crippen molar-refractivity contribution < 1.29 is 4.79 Å². The number of likely N-dealkylation sites (tertiary alicyclic amines) is 1. The largest absolute Gasteiger partial charge is 0.399 e. The number of hydrogen-bond donors (Lipinski definition) is 2. The van der Waals surface area contributed by atoms with Crippen LogP contribution in [0.1, 0.15) is 37.0 Å². The van der Waals surface area contributed by atoms with E-state index in [4.69, 9.17) is 11.5 Å². The zero-order chi connectivity index (χ0) is 15.6. The number of nitrogens with zero attached hydrogens (tertiary/aromatic N) is 2. The Kier molecular flexibility index (Phi) is 4.73. The molecule has 1 amide bonds. The van der Waals surface area contributed by atoms with E-state index in [2.05, 4.69) is 18.7 Å². The first-order valence-corrected chi connectivity index (χ1v) is 7.55. The van der Waals surface area contributed by atoms with Gasteiger partial charge in [0.05, 0.1) is 0 Å². The summed E-state index contributed by atoms with van der Waals surface area (Å²) in [7, 11) is 1.87. The molecule has 116 valence electrons. The summed E-state index contributed by atoms with van der Waals surface area (Å²) in [5.74, 6) is -0.00278. The van der Waals surface area contributed by atoms with Gasteiger partial charge in [-0.25, -0.2) is 0 Å². The summed E-state index contributed by atoms with van der Waals surface area (Å²) in [5, 5.41) is 0. The molecule has 0 aromatic heterocycles. The van der Waals surface area contributed by atoms with E-state index in [-0.39, 0.29) is 11.9 Å². The first-order valence-electron chi connectivity index (χ1n) is 7.55. The second-order valence-corrected chi connectivity index (χ2v) is 6.17. The standard InChI is InChI=1S/C16H26N4O/c1-11(2)20-6-4-15(5-7-20)19(3)16(21)12-8-13(17)10-14(18)9-12/h8-11,15H,4-7,17-18H2,1-3H3. The van der Waals surface area contributed by atoms with E-state index >= 15 is 0 Å². The third kappa shape index (κ3) is 3.67. The van der Waals surface area contributed by atoms with Gasteiger partial charge in [0, 0.05) is 49.2 Å². The van der Waals surface area contributed by atoms with Gasteiger partial charge in [-0.15, -0.1) is 0 Å². The molecule has 5 heteroatoms. The molecule has 0 atom stereocenters. The van der Waals surface area contributed by atoms with Gasteiger partial charge in [-0.05, 0) is 44.9 Å². The highest BCUT2D eigenvalue weighted by Crippen LogP contribution is 2.21. The Morgan fingerprint density at radius 3 is 2.19 bits per heavy atom. The lowest BCUT2D eigenvalue weighted by atomic mass is 10.0. The van der Waals surface area contributed by atoms with Crippen molar-refractivity contribution in [1.29, 1.82) is 0 Å². The molecule has 1 heterocycles. The summed E-state index contributed by atoms with van der Waals surface area (Å²) < 4.78 is 0. The molecular weight excluding hydrogens is 264 g/mol. The molecule has 1 aliphatic heterocycles. The van der Waals surface area contributed by atoms with E-state index < -0.39 is 0 Å². The zero-order valence-corrected chi connectivity index (χ0v) is 13.2. The summed E-state index contributed by atoms with van der Waals surface area (Å²) in [6.07, 6.45) is 2.02. The number of carbonyl (C=O) groups excluding carboxylic acids is 1. The van der Waals surface area contributed by atoms with Crippen LogP contribution >= 0.6 is 0 Å². The SMILES string of the molecule is CC(C)N1CCC(N(C)C(=O)c2cc(N)cc(N)c2)CC1. The highest BCUT2D eigenvalue weighted by molar-refractivity contribution is 5.96. The Balaban J connectivity index is 2.03. The second-order valence-electron chi connectivity index (χ2n) is 6.17. The molecule has 0 saturated carbocycles. The van der Waals surface area contributed by atoms with Crippen molar-refractivity contribution in [3.05, 3.63) is 23.8 Å². The Hall–Kier alpha value is -1.75. The summed E-state index contributed by atoms with van der Waals surface area (Å²) in [4.78, 5) is 16.9. The number of hydrogen-bond acceptors (Lipinski definition) is 4. The predicted octanol–water partition coefficient (Wildman–Crippen LogP) is 1.80. The minimum Gasteiger partial charge on any atom is -0.399 e. The number of anilines is 2. The lowest BCUT2D eigenvalue weighted by molar-refractivity contribution is 0.0615. The summed E-state index contributed by atoms with van der Waals surface area (Å²) in [5.41, 5.74) is 13.2. The van der Waals surface area contributed by atoms with Crippen LogP contribution in [0.15, 0.2) is 18.2 Å². The molecule has 1 aromatic carbocycles. The number of piperidine rings is 1. The third-order valence-electron chi connectivity index (χ3n) is 4.32. The van der Waals surface area contributed by atoms with Crippen molar-refractivity contribution in [2.75, 3.05) is 31.6 Å². The minimum atomic E-state index is -0.00278. The average molecular weight is 290 g/mol. The Labute approximate surface area is 126 Å². The maximum Gasteiger partial charge on any atom is 0.253 e. The number of rotatable bonds is 3. The van der Waals surface area contributed by atoms with Crippen molar-refractivity contribution in [2.45, 2.75) is 38.8 Å². The lowest BCUT2D eigenvalue weighted by Gasteiger charge is -2.38. The molecule has 2 rings (SSSR count). The van der Waals surface area contributed by atoms with Crippen molar-refractivity contribution in [3.63, 3.8) is 0 Å². The molecule has 1 fully saturated rings. The van der Waals surface area contributed by atoms with Gasteiger partial charge in [0.15, 0.2) is 0 Å². The maximum absolute atomic E-state index is 12.6. The maximum atomic E-state index is 12.6. The number of carbonyl (C=O) groups is 1. The normalized spacial score (nSPS) is 17.1. The first kappa shape index (κ1) is 15.6. The summed E-state index contributed by atoms with van der Waals surface area (Å²) >= 11 is 0. The van der Waals surface area contributed by atoms with Gasteiger partial charge in [-0.1, -0.05) is 0 Å². The Morgan fingerprint density at radius 2 is 1.71 bits per heavy atom. The van der Waals surface area contributed by atoms with Crippen LogP contribution < -0.4 is 11.5 Å². The fraction of sp³-hybridized carbons (Fsp3) is 0.562. The van der Waals surface area contributed by atoms with Crippen molar-refractivity contribution in [2.24, 2.45) is 0 Å². The lowest BCUT2D eigenvalue weighted by Crippen LogP contribution is -2.47. The van der Waals surface area contributed by atoms with Crippen LogP contribution in [0.5, 0.6) is 0 Å². The molecule has 4 N–H and O–H groups in total. The Morgan fingerprint density at radius 1 is 1.19 bits per heavy atom. The van der Waals surface area contributed by atoms with E-state index in [0.717, 1.165) is 25.9 Å². The molecule has 0 aliphatic carbocycles. The third-order valence-corrected chi connectivity index (χ3v) is 4.32. The highest BCUT2D eigenvalue weighted by Gasteiger charge is 2.26. The van der Waals surface area contributed by atoms with Crippen molar-refractivity contribution in [3.8, 4) is 0 Å². The van der Waals surface area contributed by atoms with Crippen molar-refractivity contribution >= 4 is 17.3 Å². The van der Waals surface area contributed by atoms with Gasteiger partial charge in [0.2, 0.25) is 0 Å². The van der Waals surface area contributed by atoms with Crippen molar-refractivity contribution in [1.82, 2.24) is 9.80 Å². The number of nitrogens with two attached hydrogens (primary N) is 2. The highest BCUT2D eigenvalue weighted by atomic mass is 16.2. The molecule has 5 nitrogen and oxygen atoms in total. The van der Waals surface area contributed by atoms with Crippen LogP contribution in [-0.2, 0) is 0 Å². The van der Waals surface area contributed by atoms with E-state index in [1.807, 2.05) is 11.9 Å². The van der Waals surface area contributed by atoms with Gasteiger partial charge in [0.25, 0.3) is 5.91 Å². The monoisotopic (exact) mass is 290 g/mol. The molecular formula is C16H26N4O. The average Bonchev–Trinajstić information content (AvgIpc) is 2.44.